The third kappa shape index (κ3) is 4.98. The van der Waals surface area contributed by atoms with Gasteiger partial charge in [0.15, 0.2) is 6.10 Å². The van der Waals surface area contributed by atoms with Gasteiger partial charge in [0, 0.05) is 10.6 Å². The van der Waals surface area contributed by atoms with Crippen molar-refractivity contribution in [3.63, 3.8) is 0 Å². The lowest BCUT2D eigenvalue weighted by atomic mass is 10.1. The summed E-state index contributed by atoms with van der Waals surface area (Å²) in [6.07, 6.45) is 4.43. The molecular formula is C19H22N2O5S2. The zero-order chi connectivity index (χ0) is 20.3. The van der Waals surface area contributed by atoms with Crippen LogP contribution in [0.2, 0.25) is 0 Å². The van der Waals surface area contributed by atoms with E-state index in [2.05, 4.69) is 5.32 Å². The van der Waals surface area contributed by atoms with Crippen LogP contribution in [0.4, 0.5) is 5.69 Å². The molecule has 0 bridgehead atoms. The molecule has 150 valence electrons. The van der Waals surface area contributed by atoms with Crippen LogP contribution in [-0.4, -0.2) is 26.4 Å². The van der Waals surface area contributed by atoms with Crippen molar-refractivity contribution in [3.8, 4) is 0 Å². The summed E-state index contributed by atoms with van der Waals surface area (Å²) in [6, 6.07) is 7.30. The molecule has 7 nitrogen and oxygen atoms in total. The maximum atomic E-state index is 12.4. The highest BCUT2D eigenvalue weighted by Crippen LogP contribution is 2.29. The summed E-state index contributed by atoms with van der Waals surface area (Å²) in [5.41, 5.74) is 1.59. The molecule has 0 saturated carbocycles. The third-order valence-corrected chi connectivity index (χ3v) is 6.70. The summed E-state index contributed by atoms with van der Waals surface area (Å²) >= 11 is 1.44. The third-order valence-electron chi connectivity index (χ3n) is 4.55. The number of aryl methyl sites for hydroxylation is 2. The van der Waals surface area contributed by atoms with Crippen LogP contribution < -0.4 is 10.5 Å². The van der Waals surface area contributed by atoms with Gasteiger partial charge in [0.25, 0.3) is 5.91 Å². The molecule has 3 rings (SSSR count). The van der Waals surface area contributed by atoms with Crippen molar-refractivity contribution in [1.29, 1.82) is 0 Å². The number of ether oxygens (including phenoxy) is 1. The fraction of sp³-hybridized carbons (Fsp3) is 0.368. The molecule has 1 atom stereocenters. The highest BCUT2D eigenvalue weighted by molar-refractivity contribution is 7.89. The van der Waals surface area contributed by atoms with Gasteiger partial charge in [-0.25, -0.2) is 18.4 Å². The number of hydrogen-bond acceptors (Lipinski definition) is 6. The van der Waals surface area contributed by atoms with Gasteiger partial charge in [0.2, 0.25) is 10.0 Å². The molecule has 2 aromatic rings. The molecule has 28 heavy (non-hydrogen) atoms. The van der Waals surface area contributed by atoms with Gasteiger partial charge in [-0.05, 0) is 68.5 Å². The number of benzene rings is 1. The molecule has 9 heteroatoms. The minimum absolute atomic E-state index is 0.0533. The number of nitrogens with one attached hydrogen (secondary N) is 1. The van der Waals surface area contributed by atoms with E-state index in [0.717, 1.165) is 25.7 Å². The van der Waals surface area contributed by atoms with Crippen molar-refractivity contribution in [2.24, 2.45) is 5.14 Å². The normalized spacial score (nSPS) is 15.2. The second-order valence-corrected chi connectivity index (χ2v) is 9.42. The minimum atomic E-state index is -3.80. The molecule has 0 spiro atoms. The molecular weight excluding hydrogens is 400 g/mol. The minimum Gasteiger partial charge on any atom is -0.448 e. The molecule has 1 amide bonds. The van der Waals surface area contributed by atoms with Crippen LogP contribution in [0.1, 0.15) is 46.3 Å². The number of rotatable bonds is 5. The van der Waals surface area contributed by atoms with Gasteiger partial charge in [0.05, 0.1) is 4.90 Å². The van der Waals surface area contributed by atoms with Crippen LogP contribution in [-0.2, 0) is 32.4 Å². The van der Waals surface area contributed by atoms with Crippen molar-refractivity contribution in [1.82, 2.24) is 0 Å². The van der Waals surface area contributed by atoms with E-state index in [1.54, 1.807) is 0 Å². The summed E-state index contributed by atoms with van der Waals surface area (Å²) in [4.78, 5) is 26.4. The van der Waals surface area contributed by atoms with Crippen molar-refractivity contribution >= 4 is 38.9 Å². The molecule has 0 saturated heterocycles. The molecule has 0 unspecified atom stereocenters. The van der Waals surface area contributed by atoms with Crippen LogP contribution in [0.25, 0.3) is 0 Å². The number of sulfonamides is 1. The van der Waals surface area contributed by atoms with E-state index in [1.807, 2.05) is 6.07 Å². The fourth-order valence-corrected chi connectivity index (χ4v) is 4.66. The van der Waals surface area contributed by atoms with Gasteiger partial charge in [-0.15, -0.1) is 11.3 Å². The van der Waals surface area contributed by atoms with Gasteiger partial charge >= 0.3 is 5.97 Å². The van der Waals surface area contributed by atoms with E-state index in [1.165, 1.54) is 59.4 Å². The van der Waals surface area contributed by atoms with Crippen LogP contribution in [0.5, 0.6) is 0 Å². The van der Waals surface area contributed by atoms with Crippen molar-refractivity contribution < 1.29 is 22.7 Å². The molecule has 1 aromatic heterocycles. The first kappa shape index (κ1) is 20.5. The second kappa shape index (κ2) is 8.42. The zero-order valence-corrected chi connectivity index (χ0v) is 17.1. The van der Waals surface area contributed by atoms with Gasteiger partial charge in [-0.2, -0.15) is 0 Å². The predicted octanol–water partition coefficient (Wildman–Crippen LogP) is 2.85. The summed E-state index contributed by atoms with van der Waals surface area (Å²) in [5, 5.41) is 7.63. The Labute approximate surface area is 167 Å². The lowest BCUT2D eigenvalue weighted by molar-refractivity contribution is -0.123. The van der Waals surface area contributed by atoms with Crippen LogP contribution >= 0.6 is 11.3 Å². The number of nitrogens with two attached hydrogens (primary N) is 1. The molecule has 0 aliphatic heterocycles. The predicted molar refractivity (Wildman–Crippen MR) is 107 cm³/mol. The van der Waals surface area contributed by atoms with Crippen molar-refractivity contribution in [3.05, 3.63) is 45.6 Å². The average molecular weight is 423 g/mol. The summed E-state index contributed by atoms with van der Waals surface area (Å²) in [5.74, 6) is -1.01. The maximum Gasteiger partial charge on any atom is 0.349 e. The Hall–Kier alpha value is -2.23. The SMILES string of the molecule is C[C@H](OC(=O)c1cc2c(s1)CCCCC2)C(=O)Nc1ccc(S(N)(=O)=O)cc1. The monoisotopic (exact) mass is 422 g/mol. The Morgan fingerprint density at radius 1 is 1.14 bits per heavy atom. The number of thiophene rings is 1. The van der Waals surface area contributed by atoms with Crippen molar-refractivity contribution in [2.45, 2.75) is 50.0 Å². The smallest absolute Gasteiger partial charge is 0.349 e. The molecule has 1 aromatic carbocycles. The van der Waals surface area contributed by atoms with Crippen LogP contribution in [0.15, 0.2) is 35.2 Å². The summed E-state index contributed by atoms with van der Waals surface area (Å²) in [6.45, 7) is 1.49. The number of carbonyl (C=O) groups is 2. The number of esters is 1. The van der Waals surface area contributed by atoms with E-state index in [-0.39, 0.29) is 4.90 Å². The standard InChI is InChI=1S/C19H22N2O5S2/c1-12(18(22)21-14-7-9-15(10-8-14)28(20,24)25)26-19(23)17-11-13-5-3-2-4-6-16(13)27-17/h7-12H,2-6H2,1H3,(H,21,22)(H2,20,24,25)/t12-/m0/s1. The van der Waals surface area contributed by atoms with Gasteiger partial charge in [0.1, 0.15) is 4.88 Å². The van der Waals surface area contributed by atoms with E-state index in [4.69, 9.17) is 9.88 Å². The number of fused-ring (bicyclic) bond motifs is 1. The first-order chi connectivity index (χ1) is 13.2. The number of primary sulfonamides is 1. The number of amides is 1. The van der Waals surface area contributed by atoms with E-state index in [0.29, 0.717) is 10.6 Å². The van der Waals surface area contributed by atoms with Gasteiger partial charge in [-0.3, -0.25) is 4.79 Å². The molecule has 0 fully saturated rings. The Morgan fingerprint density at radius 3 is 2.50 bits per heavy atom. The molecule has 1 heterocycles. The highest BCUT2D eigenvalue weighted by atomic mass is 32.2. The lowest BCUT2D eigenvalue weighted by Gasteiger charge is -2.13. The molecule has 1 aliphatic rings. The lowest BCUT2D eigenvalue weighted by Crippen LogP contribution is -2.29. The van der Waals surface area contributed by atoms with Crippen LogP contribution in [0.3, 0.4) is 0 Å². The highest BCUT2D eigenvalue weighted by Gasteiger charge is 2.22. The van der Waals surface area contributed by atoms with Gasteiger partial charge in [-0.1, -0.05) is 6.42 Å². The average Bonchev–Trinajstić information content (AvgIpc) is 2.92. The fourth-order valence-electron chi connectivity index (χ4n) is 3.01. The first-order valence-electron chi connectivity index (χ1n) is 9.00. The van der Waals surface area contributed by atoms with E-state index < -0.39 is 28.0 Å². The first-order valence-corrected chi connectivity index (χ1v) is 11.4. The maximum absolute atomic E-state index is 12.4. The number of anilines is 1. The number of carbonyl (C=O) groups excluding carboxylic acids is 2. The quantitative estimate of drug-likeness (QED) is 0.568. The van der Waals surface area contributed by atoms with Crippen molar-refractivity contribution in [2.75, 3.05) is 5.32 Å². The second-order valence-electron chi connectivity index (χ2n) is 6.73. The Bertz CT molecular complexity index is 957. The zero-order valence-electron chi connectivity index (χ0n) is 15.4. The summed E-state index contributed by atoms with van der Waals surface area (Å²) < 4.78 is 27.8. The number of hydrogen-bond donors (Lipinski definition) is 2. The molecule has 0 radical (unpaired) electrons. The van der Waals surface area contributed by atoms with Crippen LogP contribution in [0, 0.1) is 0 Å². The van der Waals surface area contributed by atoms with E-state index in [9.17, 15) is 18.0 Å². The Kier molecular flexibility index (Phi) is 6.17. The largest absolute Gasteiger partial charge is 0.448 e. The Morgan fingerprint density at radius 2 is 1.82 bits per heavy atom. The molecule has 3 N–H and O–H groups in total. The Balaban J connectivity index is 1.60. The topological polar surface area (TPSA) is 116 Å². The van der Waals surface area contributed by atoms with Gasteiger partial charge < -0.3 is 10.1 Å². The molecule has 1 aliphatic carbocycles. The summed E-state index contributed by atoms with van der Waals surface area (Å²) in [7, 11) is -3.80. The van der Waals surface area contributed by atoms with E-state index >= 15 is 0 Å².